The molecule has 0 aliphatic carbocycles. The number of hydrogen-bond acceptors (Lipinski definition) is 2. The Morgan fingerprint density at radius 1 is 1.22 bits per heavy atom. The number of halogens is 1. The van der Waals surface area contributed by atoms with Crippen LogP contribution in [0.3, 0.4) is 0 Å². The fourth-order valence-corrected chi connectivity index (χ4v) is 2.62. The van der Waals surface area contributed by atoms with E-state index in [4.69, 9.17) is 11.6 Å². The van der Waals surface area contributed by atoms with Crippen LogP contribution >= 0.6 is 11.6 Å². The van der Waals surface area contributed by atoms with Gasteiger partial charge in [0.2, 0.25) is 0 Å². The lowest BCUT2D eigenvalue weighted by molar-refractivity contribution is 0.328. The van der Waals surface area contributed by atoms with Gasteiger partial charge >= 0.3 is 0 Å². The van der Waals surface area contributed by atoms with Crippen molar-refractivity contribution in [2.45, 2.75) is 32.2 Å². The van der Waals surface area contributed by atoms with Crippen LogP contribution in [0.25, 0.3) is 0 Å². The van der Waals surface area contributed by atoms with Crippen molar-refractivity contribution in [3.05, 3.63) is 34.9 Å². The van der Waals surface area contributed by atoms with Crippen LogP contribution in [0.5, 0.6) is 0 Å². The Bertz CT molecular complexity index is 344. The summed E-state index contributed by atoms with van der Waals surface area (Å²) < 4.78 is 0. The van der Waals surface area contributed by atoms with Gasteiger partial charge < -0.3 is 10.2 Å². The van der Waals surface area contributed by atoms with Crippen molar-refractivity contribution in [3.8, 4) is 0 Å². The first-order chi connectivity index (χ1) is 8.75. The van der Waals surface area contributed by atoms with E-state index in [-0.39, 0.29) is 0 Å². The molecule has 0 aromatic heterocycles. The van der Waals surface area contributed by atoms with Crippen molar-refractivity contribution in [2.75, 3.05) is 26.2 Å². The van der Waals surface area contributed by atoms with Crippen molar-refractivity contribution in [2.24, 2.45) is 0 Å². The lowest BCUT2D eigenvalue weighted by Gasteiger charge is -2.17. The Morgan fingerprint density at radius 3 is 2.56 bits per heavy atom. The lowest BCUT2D eigenvalue weighted by Crippen LogP contribution is -2.26. The average Bonchev–Trinajstić information content (AvgIpc) is 2.88. The lowest BCUT2D eigenvalue weighted by atomic mass is 10.1. The van der Waals surface area contributed by atoms with Gasteiger partial charge in [-0.05, 0) is 70.1 Å². The quantitative estimate of drug-likeness (QED) is 0.793. The zero-order valence-corrected chi connectivity index (χ0v) is 11.9. The van der Waals surface area contributed by atoms with Gasteiger partial charge in [-0.1, -0.05) is 23.7 Å². The molecule has 1 atom stereocenters. The first-order valence-electron chi connectivity index (χ1n) is 6.97. The summed E-state index contributed by atoms with van der Waals surface area (Å²) in [6.45, 7) is 7.12. The molecule has 1 fully saturated rings. The van der Waals surface area contributed by atoms with Crippen LogP contribution in [-0.2, 0) is 0 Å². The summed E-state index contributed by atoms with van der Waals surface area (Å²) in [7, 11) is 0. The molecule has 1 aliphatic heterocycles. The van der Waals surface area contributed by atoms with Gasteiger partial charge in [0.15, 0.2) is 0 Å². The summed E-state index contributed by atoms with van der Waals surface area (Å²) in [6, 6.07) is 8.51. The van der Waals surface area contributed by atoms with Crippen LogP contribution in [0, 0.1) is 0 Å². The van der Waals surface area contributed by atoms with Gasteiger partial charge in [-0.15, -0.1) is 0 Å². The number of benzene rings is 1. The van der Waals surface area contributed by atoms with Crippen LogP contribution in [0.1, 0.15) is 37.8 Å². The second-order valence-corrected chi connectivity index (χ2v) is 5.57. The second-order valence-electron chi connectivity index (χ2n) is 5.13. The summed E-state index contributed by atoms with van der Waals surface area (Å²) in [4.78, 5) is 2.56. The molecule has 1 aromatic rings. The van der Waals surface area contributed by atoms with E-state index in [1.807, 2.05) is 12.1 Å². The Hall–Kier alpha value is -0.570. The summed E-state index contributed by atoms with van der Waals surface area (Å²) in [5.41, 5.74) is 1.31. The molecule has 0 bridgehead atoms. The third-order valence-electron chi connectivity index (χ3n) is 3.67. The first kappa shape index (κ1) is 13.9. The maximum Gasteiger partial charge on any atom is 0.0406 e. The van der Waals surface area contributed by atoms with Crippen LogP contribution in [0.15, 0.2) is 24.3 Å². The molecule has 2 rings (SSSR count). The smallest absolute Gasteiger partial charge is 0.0406 e. The van der Waals surface area contributed by atoms with E-state index >= 15 is 0 Å². The van der Waals surface area contributed by atoms with E-state index in [0.717, 1.165) is 11.6 Å². The molecular formula is C15H23ClN2. The first-order valence-corrected chi connectivity index (χ1v) is 7.35. The van der Waals surface area contributed by atoms with Crippen molar-refractivity contribution in [1.29, 1.82) is 0 Å². The zero-order chi connectivity index (χ0) is 12.8. The van der Waals surface area contributed by atoms with Crippen LogP contribution < -0.4 is 5.32 Å². The maximum absolute atomic E-state index is 5.89. The van der Waals surface area contributed by atoms with E-state index in [0.29, 0.717) is 6.04 Å². The van der Waals surface area contributed by atoms with Gasteiger partial charge in [0, 0.05) is 11.1 Å². The molecule has 2 nitrogen and oxygen atoms in total. The van der Waals surface area contributed by atoms with E-state index in [9.17, 15) is 0 Å². The summed E-state index contributed by atoms with van der Waals surface area (Å²) >= 11 is 5.89. The molecular weight excluding hydrogens is 244 g/mol. The standard InChI is InChI=1S/C15H23ClN2/c1-13(14-5-7-15(16)8-6-14)17-9-4-12-18-10-2-3-11-18/h5-8,13,17H,2-4,9-12H2,1H3. The fraction of sp³-hybridized carbons (Fsp3) is 0.600. The number of nitrogens with one attached hydrogen (secondary N) is 1. The molecule has 1 heterocycles. The van der Waals surface area contributed by atoms with E-state index in [1.54, 1.807) is 0 Å². The van der Waals surface area contributed by atoms with Crippen LogP contribution in [0.4, 0.5) is 0 Å². The minimum atomic E-state index is 0.404. The summed E-state index contributed by atoms with van der Waals surface area (Å²) in [5.74, 6) is 0. The normalized spacial score (nSPS) is 18.1. The summed E-state index contributed by atoms with van der Waals surface area (Å²) in [5, 5.41) is 4.38. The van der Waals surface area contributed by atoms with E-state index < -0.39 is 0 Å². The fourth-order valence-electron chi connectivity index (χ4n) is 2.50. The molecule has 0 radical (unpaired) electrons. The third kappa shape index (κ3) is 4.27. The highest BCUT2D eigenvalue weighted by molar-refractivity contribution is 6.30. The van der Waals surface area contributed by atoms with Gasteiger partial charge in [-0.25, -0.2) is 0 Å². The average molecular weight is 267 g/mol. The van der Waals surface area contributed by atoms with E-state index in [2.05, 4.69) is 29.3 Å². The highest BCUT2D eigenvalue weighted by atomic mass is 35.5. The van der Waals surface area contributed by atoms with Crippen LogP contribution in [-0.4, -0.2) is 31.1 Å². The Kier molecular flexibility index (Phi) is 5.48. The molecule has 1 saturated heterocycles. The van der Waals surface area contributed by atoms with Crippen LogP contribution in [0.2, 0.25) is 5.02 Å². The molecule has 1 aromatic carbocycles. The van der Waals surface area contributed by atoms with Crippen molar-refractivity contribution >= 4 is 11.6 Å². The molecule has 18 heavy (non-hydrogen) atoms. The molecule has 1 aliphatic rings. The number of likely N-dealkylation sites (tertiary alicyclic amines) is 1. The number of hydrogen-bond donors (Lipinski definition) is 1. The maximum atomic E-state index is 5.89. The molecule has 0 saturated carbocycles. The highest BCUT2D eigenvalue weighted by Gasteiger charge is 2.10. The van der Waals surface area contributed by atoms with Crippen molar-refractivity contribution in [3.63, 3.8) is 0 Å². The largest absolute Gasteiger partial charge is 0.310 e. The second kappa shape index (κ2) is 7.13. The Labute approximate surface area is 115 Å². The molecule has 100 valence electrons. The van der Waals surface area contributed by atoms with Gasteiger partial charge in [-0.2, -0.15) is 0 Å². The Balaban J connectivity index is 1.64. The summed E-state index contributed by atoms with van der Waals surface area (Å²) in [6.07, 6.45) is 4.00. The monoisotopic (exact) mass is 266 g/mol. The predicted molar refractivity (Wildman–Crippen MR) is 78.2 cm³/mol. The van der Waals surface area contributed by atoms with Gasteiger partial charge in [0.1, 0.15) is 0 Å². The SMILES string of the molecule is CC(NCCCN1CCCC1)c1ccc(Cl)cc1. The molecule has 0 spiro atoms. The topological polar surface area (TPSA) is 15.3 Å². The van der Waals surface area contributed by atoms with E-state index in [1.165, 1.54) is 44.5 Å². The van der Waals surface area contributed by atoms with Gasteiger partial charge in [0.05, 0.1) is 0 Å². The molecule has 1 unspecified atom stereocenters. The Morgan fingerprint density at radius 2 is 1.89 bits per heavy atom. The van der Waals surface area contributed by atoms with Crippen molar-refractivity contribution < 1.29 is 0 Å². The zero-order valence-electron chi connectivity index (χ0n) is 11.2. The predicted octanol–water partition coefficient (Wildman–Crippen LogP) is 3.48. The number of rotatable bonds is 6. The molecule has 3 heteroatoms. The minimum absolute atomic E-state index is 0.404. The number of nitrogens with zero attached hydrogens (tertiary/aromatic N) is 1. The molecule has 0 amide bonds. The van der Waals surface area contributed by atoms with Crippen molar-refractivity contribution in [1.82, 2.24) is 10.2 Å². The molecule has 1 N–H and O–H groups in total. The third-order valence-corrected chi connectivity index (χ3v) is 3.92. The van der Waals surface area contributed by atoms with Gasteiger partial charge in [-0.3, -0.25) is 0 Å². The minimum Gasteiger partial charge on any atom is -0.310 e. The van der Waals surface area contributed by atoms with Gasteiger partial charge in [0.25, 0.3) is 0 Å². The highest BCUT2D eigenvalue weighted by Crippen LogP contribution is 2.16.